The molecule has 0 atom stereocenters. The number of ketones is 1. The Morgan fingerprint density at radius 2 is 1.64 bits per heavy atom. The summed E-state index contributed by atoms with van der Waals surface area (Å²) in [7, 11) is 0. The Labute approximate surface area is 140 Å². The van der Waals surface area contributed by atoms with Crippen molar-refractivity contribution in [3.05, 3.63) is 75.4 Å². The van der Waals surface area contributed by atoms with E-state index in [1.165, 1.54) is 0 Å². The maximum atomic E-state index is 12.1. The summed E-state index contributed by atoms with van der Waals surface area (Å²) in [5, 5.41) is 12.4. The van der Waals surface area contributed by atoms with E-state index in [1.54, 1.807) is 48.5 Å². The van der Waals surface area contributed by atoms with Gasteiger partial charge >= 0.3 is 5.97 Å². The fourth-order valence-electron chi connectivity index (χ4n) is 1.67. The first-order chi connectivity index (χ1) is 10.5. The molecule has 4 nitrogen and oxygen atoms in total. The number of anilines is 1. The first kappa shape index (κ1) is 16.3. The third-order valence-electron chi connectivity index (χ3n) is 2.76. The Kier molecular flexibility index (Phi) is 5.35. The number of hydrogen-bond acceptors (Lipinski definition) is 3. The van der Waals surface area contributed by atoms with E-state index >= 15 is 0 Å². The van der Waals surface area contributed by atoms with Gasteiger partial charge in [-0.3, -0.25) is 4.79 Å². The van der Waals surface area contributed by atoms with Gasteiger partial charge in [0, 0.05) is 26.8 Å². The molecule has 2 aromatic carbocycles. The second-order valence-corrected chi connectivity index (χ2v) is 5.72. The highest BCUT2D eigenvalue weighted by Gasteiger charge is 2.11. The van der Waals surface area contributed by atoms with Gasteiger partial charge in [-0.05, 0) is 48.5 Å². The summed E-state index contributed by atoms with van der Waals surface area (Å²) >= 11 is 9.05. The van der Waals surface area contributed by atoms with Gasteiger partial charge in [0.2, 0.25) is 0 Å². The molecule has 22 heavy (non-hydrogen) atoms. The van der Waals surface area contributed by atoms with E-state index in [-0.39, 0.29) is 5.70 Å². The second-order valence-electron chi connectivity index (χ2n) is 4.37. The van der Waals surface area contributed by atoms with E-state index in [1.807, 2.05) is 0 Å². The number of aliphatic carboxylic acids is 1. The van der Waals surface area contributed by atoms with Crippen LogP contribution in [0.25, 0.3) is 0 Å². The molecule has 0 aromatic heterocycles. The lowest BCUT2D eigenvalue weighted by atomic mass is 10.1. The van der Waals surface area contributed by atoms with Gasteiger partial charge in [-0.1, -0.05) is 27.5 Å². The number of rotatable bonds is 5. The highest BCUT2D eigenvalue weighted by molar-refractivity contribution is 9.10. The predicted octanol–water partition coefficient (Wildman–Crippen LogP) is 4.37. The summed E-state index contributed by atoms with van der Waals surface area (Å²) in [5.41, 5.74) is 0.719. The van der Waals surface area contributed by atoms with Gasteiger partial charge in [-0.15, -0.1) is 0 Å². The van der Waals surface area contributed by atoms with Gasteiger partial charge in [0.05, 0.1) is 0 Å². The van der Waals surface area contributed by atoms with E-state index < -0.39 is 11.8 Å². The fraction of sp³-hybridized carbons (Fsp3) is 0. The Morgan fingerprint density at radius 3 is 2.18 bits per heavy atom. The molecule has 0 bridgehead atoms. The van der Waals surface area contributed by atoms with Crippen LogP contribution in [0, 0.1) is 0 Å². The molecule has 0 saturated carbocycles. The normalized spacial score (nSPS) is 11.1. The average molecular weight is 381 g/mol. The minimum atomic E-state index is -1.22. The minimum Gasteiger partial charge on any atom is -0.477 e. The lowest BCUT2D eigenvalue weighted by molar-refractivity contribution is -0.132. The minimum absolute atomic E-state index is 0.213. The van der Waals surface area contributed by atoms with Gasteiger partial charge in [0.25, 0.3) is 0 Å². The molecule has 2 N–H and O–H groups in total. The highest BCUT2D eigenvalue weighted by Crippen LogP contribution is 2.16. The molecule has 0 heterocycles. The molecule has 6 heteroatoms. The van der Waals surface area contributed by atoms with Crippen molar-refractivity contribution in [1.29, 1.82) is 0 Å². The molecule has 0 unspecified atom stereocenters. The molecule has 0 spiro atoms. The molecule has 112 valence electrons. The fourth-order valence-corrected chi connectivity index (χ4v) is 2.06. The van der Waals surface area contributed by atoms with Crippen molar-refractivity contribution in [2.75, 3.05) is 5.32 Å². The number of nitrogens with one attached hydrogen (secondary N) is 1. The molecule has 0 radical (unpaired) electrons. The zero-order chi connectivity index (χ0) is 16.1. The van der Waals surface area contributed by atoms with Crippen LogP contribution >= 0.6 is 27.5 Å². The van der Waals surface area contributed by atoms with Crippen LogP contribution in [0.5, 0.6) is 0 Å². The predicted molar refractivity (Wildman–Crippen MR) is 89.3 cm³/mol. The van der Waals surface area contributed by atoms with Crippen LogP contribution in [-0.2, 0) is 4.79 Å². The number of allylic oxidation sites excluding steroid dienone is 1. The van der Waals surface area contributed by atoms with Gasteiger partial charge in [-0.25, -0.2) is 4.79 Å². The first-order valence-corrected chi connectivity index (χ1v) is 7.40. The smallest absolute Gasteiger partial charge is 0.352 e. The van der Waals surface area contributed by atoms with Crippen LogP contribution in [0.1, 0.15) is 10.4 Å². The van der Waals surface area contributed by atoms with Crippen molar-refractivity contribution in [3.8, 4) is 0 Å². The summed E-state index contributed by atoms with van der Waals surface area (Å²) in [4.78, 5) is 23.4. The standard InChI is InChI=1S/C16H11BrClNO3/c17-11-3-1-10(2-4-11)15(20)9-14(16(21)22)19-13-7-5-12(18)6-8-13/h1-9,19H,(H,21,22)/b14-9-. The SMILES string of the molecule is O=C(O)/C(=C/C(=O)c1ccc(Br)cc1)Nc1ccc(Cl)cc1. The molecular formula is C16H11BrClNO3. The third kappa shape index (κ3) is 4.44. The maximum absolute atomic E-state index is 12.1. The van der Waals surface area contributed by atoms with Crippen LogP contribution in [0.3, 0.4) is 0 Å². The number of carboxylic acids is 1. The highest BCUT2D eigenvalue weighted by atomic mass is 79.9. The largest absolute Gasteiger partial charge is 0.477 e. The van der Waals surface area contributed by atoms with Crippen molar-refractivity contribution >= 4 is 45.0 Å². The van der Waals surface area contributed by atoms with E-state index in [9.17, 15) is 14.7 Å². The zero-order valence-electron chi connectivity index (χ0n) is 11.2. The van der Waals surface area contributed by atoms with Crippen LogP contribution in [0.2, 0.25) is 5.02 Å². The van der Waals surface area contributed by atoms with Gasteiger partial charge in [0.15, 0.2) is 5.78 Å². The van der Waals surface area contributed by atoms with E-state index in [0.717, 1.165) is 10.5 Å². The molecule has 0 aliphatic rings. The average Bonchev–Trinajstić information content (AvgIpc) is 2.49. The lowest BCUT2D eigenvalue weighted by Crippen LogP contribution is -2.12. The number of benzene rings is 2. The number of carbonyl (C=O) groups is 2. The summed E-state index contributed by atoms with van der Waals surface area (Å²) in [6.45, 7) is 0. The maximum Gasteiger partial charge on any atom is 0.352 e. The molecule has 0 fully saturated rings. The summed E-state index contributed by atoms with van der Waals surface area (Å²) in [5.74, 6) is -1.62. The molecule has 2 rings (SSSR count). The number of carbonyl (C=O) groups excluding carboxylic acids is 1. The molecular weight excluding hydrogens is 370 g/mol. The lowest BCUT2D eigenvalue weighted by Gasteiger charge is -2.07. The van der Waals surface area contributed by atoms with Crippen LogP contribution < -0.4 is 5.32 Å². The molecule has 0 aliphatic carbocycles. The van der Waals surface area contributed by atoms with Crippen molar-refractivity contribution in [2.45, 2.75) is 0 Å². The Bertz CT molecular complexity index is 724. The van der Waals surface area contributed by atoms with E-state index in [4.69, 9.17) is 11.6 Å². The number of carboxylic acid groups (broad SMARTS) is 1. The monoisotopic (exact) mass is 379 g/mol. The summed E-state index contributed by atoms with van der Waals surface area (Å²) in [6.07, 6.45) is 1.06. The summed E-state index contributed by atoms with van der Waals surface area (Å²) in [6, 6.07) is 13.2. The van der Waals surface area contributed by atoms with Crippen molar-refractivity contribution < 1.29 is 14.7 Å². The van der Waals surface area contributed by atoms with Gasteiger partial charge < -0.3 is 10.4 Å². The molecule has 0 saturated heterocycles. The van der Waals surface area contributed by atoms with Gasteiger partial charge in [-0.2, -0.15) is 0 Å². The molecule has 2 aromatic rings. The van der Waals surface area contributed by atoms with Crippen molar-refractivity contribution in [2.24, 2.45) is 0 Å². The van der Waals surface area contributed by atoms with E-state index in [2.05, 4.69) is 21.2 Å². The Balaban J connectivity index is 2.23. The first-order valence-electron chi connectivity index (χ1n) is 6.23. The van der Waals surface area contributed by atoms with Crippen molar-refractivity contribution in [1.82, 2.24) is 0 Å². The molecule has 0 aliphatic heterocycles. The van der Waals surface area contributed by atoms with Crippen LogP contribution in [0.15, 0.2) is 64.8 Å². The Morgan fingerprint density at radius 1 is 1.05 bits per heavy atom. The number of hydrogen-bond donors (Lipinski definition) is 2. The third-order valence-corrected chi connectivity index (χ3v) is 3.54. The Hall–Kier alpha value is -2.11. The topological polar surface area (TPSA) is 66.4 Å². The van der Waals surface area contributed by atoms with Crippen LogP contribution in [0.4, 0.5) is 5.69 Å². The van der Waals surface area contributed by atoms with Crippen LogP contribution in [-0.4, -0.2) is 16.9 Å². The second kappa shape index (κ2) is 7.24. The van der Waals surface area contributed by atoms with E-state index in [0.29, 0.717) is 16.3 Å². The number of halogens is 2. The zero-order valence-corrected chi connectivity index (χ0v) is 13.6. The molecule has 0 amide bonds. The van der Waals surface area contributed by atoms with Gasteiger partial charge in [0.1, 0.15) is 5.70 Å². The quantitative estimate of drug-likeness (QED) is 0.597. The summed E-state index contributed by atoms with van der Waals surface area (Å²) < 4.78 is 0.839. The van der Waals surface area contributed by atoms with Crippen molar-refractivity contribution in [3.63, 3.8) is 0 Å².